The molecule has 2 aliphatic carbocycles. The van der Waals surface area contributed by atoms with E-state index in [1.54, 1.807) is 31.1 Å². The van der Waals surface area contributed by atoms with Crippen molar-refractivity contribution in [3.63, 3.8) is 0 Å². The third-order valence-electron chi connectivity index (χ3n) is 6.65. The van der Waals surface area contributed by atoms with Crippen molar-refractivity contribution in [3.8, 4) is 11.3 Å². The number of carbonyl (C=O) groups is 2. The molecule has 9 heteroatoms. The van der Waals surface area contributed by atoms with Gasteiger partial charge in [-0.05, 0) is 36.3 Å². The number of aromatic nitrogens is 2. The summed E-state index contributed by atoms with van der Waals surface area (Å²) in [5.74, 6) is -4.99. The van der Waals surface area contributed by atoms with Gasteiger partial charge < -0.3 is 20.5 Å². The molecule has 7 nitrogen and oxygen atoms in total. The van der Waals surface area contributed by atoms with E-state index in [1.807, 2.05) is 30.3 Å². The Balaban J connectivity index is 1.53. The Hall–Kier alpha value is -4.01. The number of anilines is 3. The molecule has 2 heterocycles. The van der Waals surface area contributed by atoms with Gasteiger partial charge in [0.05, 0.1) is 11.4 Å². The van der Waals surface area contributed by atoms with Gasteiger partial charge in [0.15, 0.2) is 0 Å². The molecule has 2 atom stereocenters. The van der Waals surface area contributed by atoms with Crippen LogP contribution in [0.25, 0.3) is 16.8 Å². The molecule has 0 spiro atoms. The molecule has 0 bridgehead atoms. The highest BCUT2D eigenvalue weighted by Gasteiger charge is 2.61. The molecule has 1 fully saturated rings. The largest absolute Gasteiger partial charge is 0.356 e. The fourth-order valence-corrected chi connectivity index (χ4v) is 4.73. The average molecular weight is 492 g/mol. The molecule has 186 valence electrons. The van der Waals surface area contributed by atoms with Gasteiger partial charge in [-0.2, -0.15) is 0 Å². The number of benzene rings is 1. The van der Waals surface area contributed by atoms with Crippen molar-refractivity contribution in [2.75, 3.05) is 24.7 Å². The number of para-hydroxylation sites is 1. The molecule has 0 aliphatic heterocycles. The van der Waals surface area contributed by atoms with Crippen LogP contribution >= 0.6 is 0 Å². The van der Waals surface area contributed by atoms with E-state index in [0.29, 0.717) is 18.4 Å². The molecule has 36 heavy (non-hydrogen) atoms. The standard InChI is InChI=1S/C27H27F2N5O2/c1-15-11-17(26(36)34(2)3)12-20-22(15)24(31-18-7-5-4-6-8-18)23(32-20)16-9-10-30-21(13-16)33-25(35)19-14-27(19,28)29/h4-10,13,17,19,31-32H,1,11-12,14H2,2-3H3,(H,30,33,35). The number of rotatable bonds is 6. The summed E-state index contributed by atoms with van der Waals surface area (Å²) in [4.78, 5) is 34.1. The van der Waals surface area contributed by atoms with Crippen molar-refractivity contribution in [1.82, 2.24) is 14.9 Å². The fourth-order valence-electron chi connectivity index (χ4n) is 4.73. The Morgan fingerprint density at radius 3 is 2.56 bits per heavy atom. The summed E-state index contributed by atoms with van der Waals surface area (Å²) in [6, 6.07) is 13.1. The molecule has 2 aromatic heterocycles. The number of fused-ring (bicyclic) bond motifs is 1. The number of carbonyl (C=O) groups excluding carboxylic acids is 2. The molecule has 0 radical (unpaired) electrons. The van der Waals surface area contributed by atoms with Crippen molar-refractivity contribution in [1.29, 1.82) is 0 Å². The topological polar surface area (TPSA) is 90.1 Å². The Bertz CT molecular complexity index is 1350. The highest BCUT2D eigenvalue weighted by molar-refractivity contribution is 5.96. The lowest BCUT2D eigenvalue weighted by molar-refractivity contribution is -0.132. The van der Waals surface area contributed by atoms with Gasteiger partial charge in [-0.25, -0.2) is 13.8 Å². The van der Waals surface area contributed by atoms with E-state index in [0.717, 1.165) is 33.9 Å². The van der Waals surface area contributed by atoms with Crippen molar-refractivity contribution in [2.45, 2.75) is 25.2 Å². The van der Waals surface area contributed by atoms with Crippen LogP contribution in [0.1, 0.15) is 24.1 Å². The van der Waals surface area contributed by atoms with E-state index in [4.69, 9.17) is 0 Å². The number of alkyl halides is 2. The van der Waals surface area contributed by atoms with Gasteiger partial charge in [0.25, 0.3) is 5.92 Å². The van der Waals surface area contributed by atoms with Gasteiger partial charge in [0.1, 0.15) is 11.7 Å². The number of aromatic amines is 1. The summed E-state index contributed by atoms with van der Waals surface area (Å²) < 4.78 is 26.7. The smallest absolute Gasteiger partial charge is 0.260 e. The van der Waals surface area contributed by atoms with E-state index in [1.165, 1.54) is 6.20 Å². The molecule has 3 N–H and O–H groups in total. The summed E-state index contributed by atoms with van der Waals surface area (Å²) >= 11 is 0. The molecular formula is C27H27F2N5O2. The van der Waals surface area contributed by atoms with Crippen molar-refractivity contribution in [3.05, 3.63) is 66.5 Å². The Labute approximate surface area is 207 Å². The Kier molecular flexibility index (Phi) is 5.86. The first kappa shape index (κ1) is 23.7. The van der Waals surface area contributed by atoms with Crippen LogP contribution in [0.4, 0.5) is 26.0 Å². The second-order valence-corrected chi connectivity index (χ2v) is 9.60. The molecule has 1 aromatic carbocycles. The highest BCUT2D eigenvalue weighted by atomic mass is 19.3. The number of hydrogen-bond acceptors (Lipinski definition) is 4. The molecule has 2 aliphatic rings. The Morgan fingerprint density at radius 1 is 1.17 bits per heavy atom. The summed E-state index contributed by atoms with van der Waals surface area (Å²) in [5, 5.41) is 5.99. The number of nitrogens with zero attached hydrogens (tertiary/aromatic N) is 2. The second-order valence-electron chi connectivity index (χ2n) is 9.60. The van der Waals surface area contributed by atoms with E-state index >= 15 is 0 Å². The van der Waals surface area contributed by atoms with E-state index in [9.17, 15) is 18.4 Å². The minimum atomic E-state index is -2.95. The molecule has 2 unspecified atom stereocenters. The van der Waals surface area contributed by atoms with Gasteiger partial charge in [-0.1, -0.05) is 24.8 Å². The van der Waals surface area contributed by atoms with Gasteiger partial charge in [0.2, 0.25) is 11.8 Å². The van der Waals surface area contributed by atoms with Crippen LogP contribution in [0.3, 0.4) is 0 Å². The third-order valence-corrected chi connectivity index (χ3v) is 6.65. The third kappa shape index (κ3) is 4.48. The van der Waals surface area contributed by atoms with Crippen molar-refractivity contribution < 1.29 is 18.4 Å². The normalized spacial score (nSPS) is 19.8. The molecule has 2 amide bonds. The highest BCUT2D eigenvalue weighted by Crippen LogP contribution is 2.49. The fraction of sp³-hybridized carbons (Fsp3) is 0.296. The second kappa shape index (κ2) is 8.89. The monoisotopic (exact) mass is 491 g/mol. The van der Waals surface area contributed by atoms with Crippen LogP contribution in [0.2, 0.25) is 0 Å². The zero-order chi connectivity index (χ0) is 25.6. The number of pyridine rings is 1. The van der Waals surface area contributed by atoms with Gasteiger partial charge in [0, 0.05) is 61.6 Å². The van der Waals surface area contributed by atoms with Gasteiger partial charge >= 0.3 is 0 Å². The predicted molar refractivity (Wildman–Crippen MR) is 135 cm³/mol. The van der Waals surface area contributed by atoms with Gasteiger partial charge in [-0.3, -0.25) is 9.59 Å². The zero-order valence-corrected chi connectivity index (χ0v) is 20.1. The maximum atomic E-state index is 13.3. The maximum Gasteiger partial charge on any atom is 0.260 e. The Morgan fingerprint density at radius 2 is 1.89 bits per heavy atom. The van der Waals surface area contributed by atoms with Crippen LogP contribution in [-0.4, -0.2) is 46.7 Å². The average Bonchev–Trinajstić information content (AvgIpc) is 3.34. The number of nitrogens with one attached hydrogen (secondary N) is 3. The van der Waals surface area contributed by atoms with Crippen molar-refractivity contribution in [2.24, 2.45) is 11.8 Å². The lowest BCUT2D eigenvalue weighted by atomic mass is 9.83. The molecule has 3 aromatic rings. The number of hydrogen-bond donors (Lipinski definition) is 3. The zero-order valence-electron chi connectivity index (χ0n) is 20.1. The lowest BCUT2D eigenvalue weighted by Crippen LogP contribution is -2.32. The van der Waals surface area contributed by atoms with Crippen LogP contribution in [-0.2, 0) is 16.0 Å². The predicted octanol–water partition coefficient (Wildman–Crippen LogP) is 5.08. The van der Waals surface area contributed by atoms with Crippen LogP contribution in [0.5, 0.6) is 0 Å². The first-order valence-electron chi connectivity index (χ1n) is 11.8. The summed E-state index contributed by atoms with van der Waals surface area (Å²) in [6.45, 7) is 4.28. The number of allylic oxidation sites excluding steroid dienone is 1. The maximum absolute atomic E-state index is 13.3. The lowest BCUT2D eigenvalue weighted by Gasteiger charge is -2.26. The first-order valence-corrected chi connectivity index (χ1v) is 11.8. The van der Waals surface area contributed by atoms with Crippen LogP contribution < -0.4 is 10.6 Å². The minimum absolute atomic E-state index is 0.0429. The van der Waals surface area contributed by atoms with E-state index < -0.39 is 24.2 Å². The van der Waals surface area contributed by atoms with Gasteiger partial charge in [-0.15, -0.1) is 0 Å². The summed E-state index contributed by atoms with van der Waals surface area (Å²) in [5.41, 5.74) is 5.77. The van der Waals surface area contributed by atoms with E-state index in [2.05, 4.69) is 27.2 Å². The SMILES string of the molecule is C=C1CC(C(=O)N(C)C)Cc2[nH]c(-c3ccnc(NC(=O)C4CC4(F)F)c3)c(Nc3ccccc3)c21. The number of amides is 2. The quantitative estimate of drug-likeness (QED) is 0.449. The molecular weight excluding hydrogens is 464 g/mol. The summed E-state index contributed by atoms with van der Waals surface area (Å²) in [6.07, 6.45) is 2.15. The number of H-pyrrole nitrogens is 1. The van der Waals surface area contributed by atoms with Crippen LogP contribution in [0.15, 0.2) is 55.2 Å². The first-order chi connectivity index (χ1) is 17.1. The van der Waals surface area contributed by atoms with E-state index in [-0.39, 0.29) is 17.6 Å². The van der Waals surface area contributed by atoms with Crippen molar-refractivity contribution >= 4 is 34.6 Å². The molecule has 0 saturated heterocycles. The summed E-state index contributed by atoms with van der Waals surface area (Å²) in [7, 11) is 3.49. The minimum Gasteiger partial charge on any atom is -0.356 e. The molecule has 1 saturated carbocycles. The van der Waals surface area contributed by atoms with Crippen LogP contribution in [0, 0.1) is 11.8 Å². The number of halogens is 2. The molecule has 5 rings (SSSR count).